The number of carbonyl (C=O) groups excluding carboxylic acids is 1. The van der Waals surface area contributed by atoms with E-state index in [-0.39, 0.29) is 22.8 Å². The van der Waals surface area contributed by atoms with Gasteiger partial charge >= 0.3 is 0 Å². The molecule has 0 radical (unpaired) electrons. The van der Waals surface area contributed by atoms with Gasteiger partial charge in [0.15, 0.2) is 5.78 Å². The largest absolute Gasteiger partial charge is 0.345 e. The van der Waals surface area contributed by atoms with Gasteiger partial charge in [-0.15, -0.1) is 0 Å². The number of aromatic nitrogens is 1. The zero-order valence-electron chi connectivity index (χ0n) is 18.7. The molecule has 1 aliphatic carbocycles. The normalized spacial score (nSPS) is 18.7. The van der Waals surface area contributed by atoms with Crippen LogP contribution in [0.1, 0.15) is 59.0 Å². The third-order valence-corrected chi connectivity index (χ3v) is 8.76. The van der Waals surface area contributed by atoms with Gasteiger partial charge in [0.2, 0.25) is 10.0 Å². The maximum absolute atomic E-state index is 13.1. The second-order valence-corrected chi connectivity index (χ2v) is 10.7. The predicted molar refractivity (Wildman–Crippen MR) is 122 cm³/mol. The SMILES string of the molecule is Cc1cc(C(=O)CN2CCN(S(=O)(=O)c3ccccc3C#N)CC2)c(C)n1C1CCCC1. The van der Waals surface area contributed by atoms with Crippen molar-refractivity contribution in [1.82, 2.24) is 13.8 Å². The van der Waals surface area contributed by atoms with E-state index < -0.39 is 10.0 Å². The lowest BCUT2D eigenvalue weighted by Crippen LogP contribution is -2.49. The molecule has 0 bridgehead atoms. The summed E-state index contributed by atoms with van der Waals surface area (Å²) in [4.78, 5) is 15.1. The van der Waals surface area contributed by atoms with Crippen LogP contribution in [0.15, 0.2) is 35.2 Å². The van der Waals surface area contributed by atoms with E-state index >= 15 is 0 Å². The Morgan fingerprint density at radius 3 is 2.41 bits per heavy atom. The smallest absolute Gasteiger partial charge is 0.244 e. The number of hydrogen-bond donors (Lipinski definition) is 0. The summed E-state index contributed by atoms with van der Waals surface area (Å²) in [5, 5.41) is 9.26. The number of sulfonamides is 1. The molecule has 7 nitrogen and oxygen atoms in total. The van der Waals surface area contributed by atoms with Crippen LogP contribution in [-0.2, 0) is 10.0 Å². The zero-order valence-corrected chi connectivity index (χ0v) is 19.6. The summed E-state index contributed by atoms with van der Waals surface area (Å²) in [6, 6.07) is 10.8. The molecule has 1 aliphatic heterocycles. The number of benzene rings is 1. The highest BCUT2D eigenvalue weighted by Gasteiger charge is 2.31. The van der Waals surface area contributed by atoms with Crippen molar-refractivity contribution in [2.75, 3.05) is 32.7 Å². The summed E-state index contributed by atoms with van der Waals surface area (Å²) < 4.78 is 29.8. The van der Waals surface area contributed by atoms with Crippen LogP contribution in [0.4, 0.5) is 0 Å². The molecular formula is C24H30N4O3S. The van der Waals surface area contributed by atoms with Gasteiger partial charge in [0.05, 0.1) is 17.0 Å². The highest BCUT2D eigenvalue weighted by Crippen LogP contribution is 2.33. The maximum Gasteiger partial charge on any atom is 0.244 e. The van der Waals surface area contributed by atoms with Crippen molar-refractivity contribution in [3.05, 3.63) is 52.8 Å². The second kappa shape index (κ2) is 9.18. The molecule has 1 aromatic carbocycles. The van der Waals surface area contributed by atoms with E-state index in [1.807, 2.05) is 24.0 Å². The summed E-state index contributed by atoms with van der Waals surface area (Å²) in [6.45, 7) is 5.98. The minimum Gasteiger partial charge on any atom is -0.345 e. The first kappa shape index (κ1) is 22.7. The Hall–Kier alpha value is -2.47. The topological polar surface area (TPSA) is 86.4 Å². The van der Waals surface area contributed by atoms with Gasteiger partial charge in [-0.2, -0.15) is 9.57 Å². The van der Waals surface area contributed by atoms with Gasteiger partial charge in [-0.25, -0.2) is 8.42 Å². The second-order valence-electron chi connectivity index (χ2n) is 8.80. The summed E-state index contributed by atoms with van der Waals surface area (Å²) >= 11 is 0. The van der Waals surface area contributed by atoms with Crippen molar-refractivity contribution in [3.63, 3.8) is 0 Å². The maximum atomic E-state index is 13.1. The Kier molecular flexibility index (Phi) is 6.52. The summed E-state index contributed by atoms with van der Waals surface area (Å²) in [5.74, 6) is 0.0912. The average Bonchev–Trinajstić information content (AvgIpc) is 3.41. The van der Waals surface area contributed by atoms with Gasteiger partial charge in [0, 0.05) is 49.2 Å². The molecule has 0 N–H and O–H groups in total. The van der Waals surface area contributed by atoms with Crippen molar-refractivity contribution < 1.29 is 13.2 Å². The molecule has 1 saturated carbocycles. The Morgan fingerprint density at radius 2 is 1.75 bits per heavy atom. The standard InChI is InChI=1S/C24H30N4O3S/c1-18-15-22(19(2)28(18)21-8-4-5-9-21)23(29)17-26-11-13-27(14-12-26)32(30,31)24-10-6-3-7-20(24)16-25/h3,6-7,10,15,21H,4-5,8-9,11-14,17H2,1-2H3. The molecule has 0 atom stereocenters. The Labute approximate surface area is 190 Å². The third kappa shape index (κ3) is 4.25. The van der Waals surface area contributed by atoms with Crippen molar-refractivity contribution in [2.24, 2.45) is 0 Å². The molecule has 1 saturated heterocycles. The molecule has 4 rings (SSSR count). The monoisotopic (exact) mass is 454 g/mol. The van der Waals surface area contributed by atoms with E-state index in [1.54, 1.807) is 12.1 Å². The number of piperazine rings is 1. The highest BCUT2D eigenvalue weighted by molar-refractivity contribution is 7.89. The molecule has 32 heavy (non-hydrogen) atoms. The van der Waals surface area contributed by atoms with Gasteiger partial charge in [-0.1, -0.05) is 25.0 Å². The molecular weight excluding hydrogens is 424 g/mol. The third-order valence-electron chi connectivity index (χ3n) is 6.80. The number of nitriles is 1. The van der Waals surface area contributed by atoms with E-state index in [9.17, 15) is 18.5 Å². The van der Waals surface area contributed by atoms with Crippen LogP contribution in [0.5, 0.6) is 0 Å². The quantitative estimate of drug-likeness (QED) is 0.625. The fourth-order valence-electron chi connectivity index (χ4n) is 5.12. The van der Waals surface area contributed by atoms with Gasteiger partial charge in [0.1, 0.15) is 6.07 Å². The first-order chi connectivity index (χ1) is 15.3. The van der Waals surface area contributed by atoms with Gasteiger partial charge < -0.3 is 4.57 Å². The van der Waals surface area contributed by atoms with E-state index in [1.165, 1.54) is 42.1 Å². The molecule has 0 spiro atoms. The highest BCUT2D eigenvalue weighted by atomic mass is 32.2. The number of aryl methyl sites for hydroxylation is 1. The predicted octanol–water partition coefficient (Wildman–Crippen LogP) is 3.28. The first-order valence-corrected chi connectivity index (χ1v) is 12.7. The molecule has 0 amide bonds. The van der Waals surface area contributed by atoms with E-state index in [4.69, 9.17) is 0 Å². The van der Waals surface area contributed by atoms with E-state index in [0.29, 0.717) is 32.2 Å². The lowest BCUT2D eigenvalue weighted by molar-refractivity contribution is 0.0901. The van der Waals surface area contributed by atoms with Crippen LogP contribution in [0.25, 0.3) is 0 Å². The van der Waals surface area contributed by atoms with Gasteiger partial charge in [-0.3, -0.25) is 9.69 Å². The Bertz CT molecular complexity index is 1150. The molecule has 2 aromatic rings. The van der Waals surface area contributed by atoms with Crippen molar-refractivity contribution in [2.45, 2.75) is 50.5 Å². The fraction of sp³-hybridized carbons (Fsp3) is 0.500. The summed E-state index contributed by atoms with van der Waals surface area (Å²) in [7, 11) is -3.73. The molecule has 2 aliphatic rings. The first-order valence-electron chi connectivity index (χ1n) is 11.3. The lowest BCUT2D eigenvalue weighted by Gasteiger charge is -2.33. The van der Waals surface area contributed by atoms with Gasteiger partial charge in [-0.05, 0) is 44.9 Å². The van der Waals surface area contributed by atoms with Crippen molar-refractivity contribution >= 4 is 15.8 Å². The number of nitrogens with zero attached hydrogens (tertiary/aromatic N) is 4. The Morgan fingerprint density at radius 1 is 1.09 bits per heavy atom. The summed E-state index contributed by atoms with van der Waals surface area (Å²) in [5.41, 5.74) is 3.13. The number of ketones is 1. The minimum atomic E-state index is -3.73. The molecule has 8 heteroatoms. The molecule has 2 heterocycles. The van der Waals surface area contributed by atoms with Crippen LogP contribution >= 0.6 is 0 Å². The number of hydrogen-bond acceptors (Lipinski definition) is 5. The van der Waals surface area contributed by atoms with Crippen molar-refractivity contribution in [1.29, 1.82) is 5.26 Å². The molecule has 2 fully saturated rings. The molecule has 170 valence electrons. The van der Waals surface area contributed by atoms with Crippen LogP contribution in [0.3, 0.4) is 0 Å². The van der Waals surface area contributed by atoms with Crippen LogP contribution in [0.2, 0.25) is 0 Å². The van der Waals surface area contributed by atoms with E-state index in [0.717, 1.165) is 17.0 Å². The molecule has 0 unspecified atom stereocenters. The fourth-order valence-corrected chi connectivity index (χ4v) is 6.69. The number of Topliss-reactive ketones (excluding diaryl/α,β-unsaturated/α-hetero) is 1. The zero-order chi connectivity index (χ0) is 22.9. The average molecular weight is 455 g/mol. The number of carbonyl (C=O) groups is 1. The lowest BCUT2D eigenvalue weighted by atomic mass is 10.1. The van der Waals surface area contributed by atoms with Crippen LogP contribution in [-0.4, -0.2) is 60.7 Å². The molecule has 1 aromatic heterocycles. The van der Waals surface area contributed by atoms with Crippen LogP contribution in [0, 0.1) is 25.2 Å². The minimum absolute atomic E-state index is 0.0476. The van der Waals surface area contributed by atoms with E-state index in [2.05, 4.69) is 11.5 Å². The number of rotatable bonds is 6. The van der Waals surface area contributed by atoms with Gasteiger partial charge in [0.25, 0.3) is 0 Å². The summed E-state index contributed by atoms with van der Waals surface area (Å²) in [6.07, 6.45) is 4.85. The van der Waals surface area contributed by atoms with Crippen LogP contribution < -0.4 is 0 Å². The van der Waals surface area contributed by atoms with Crippen molar-refractivity contribution in [3.8, 4) is 6.07 Å². The Balaban J connectivity index is 1.41.